The van der Waals surface area contributed by atoms with Crippen molar-refractivity contribution in [3.63, 3.8) is 0 Å². The van der Waals surface area contributed by atoms with Gasteiger partial charge in [0.2, 0.25) is 10.0 Å². The van der Waals surface area contributed by atoms with Crippen LogP contribution in [0.1, 0.15) is 12.5 Å². The molecule has 0 radical (unpaired) electrons. The highest BCUT2D eigenvalue weighted by Gasteiger charge is 2.14. The van der Waals surface area contributed by atoms with Crippen LogP contribution in [0.4, 0.5) is 0 Å². The van der Waals surface area contributed by atoms with Gasteiger partial charge in [0.05, 0.1) is 4.90 Å². The van der Waals surface area contributed by atoms with Gasteiger partial charge in [-0.05, 0) is 18.4 Å². The summed E-state index contributed by atoms with van der Waals surface area (Å²) in [7, 11) is -3.46. The van der Waals surface area contributed by atoms with Gasteiger partial charge >= 0.3 is 0 Å². The van der Waals surface area contributed by atoms with Crippen molar-refractivity contribution in [3.8, 4) is 0 Å². The Balaban J connectivity index is 2.82. The van der Waals surface area contributed by atoms with Crippen molar-refractivity contribution in [2.45, 2.75) is 17.1 Å². The zero-order chi connectivity index (χ0) is 13.8. The van der Waals surface area contributed by atoms with Gasteiger partial charge in [-0.3, -0.25) is 0 Å². The van der Waals surface area contributed by atoms with Crippen molar-refractivity contribution < 1.29 is 8.42 Å². The van der Waals surface area contributed by atoms with E-state index in [4.69, 9.17) is 18.0 Å². The van der Waals surface area contributed by atoms with Gasteiger partial charge in [-0.2, -0.15) is 11.8 Å². The summed E-state index contributed by atoms with van der Waals surface area (Å²) in [6, 6.07) is 6.21. The molecule has 0 spiro atoms. The number of thioether (sulfide) groups is 1. The van der Waals surface area contributed by atoms with Crippen LogP contribution in [0.25, 0.3) is 0 Å². The lowest BCUT2D eigenvalue weighted by Gasteiger charge is -2.10. The van der Waals surface area contributed by atoms with Crippen LogP contribution in [-0.2, 0) is 10.0 Å². The Hall–Kier alpha value is -0.630. The van der Waals surface area contributed by atoms with Crippen LogP contribution in [-0.4, -0.2) is 31.5 Å². The maximum Gasteiger partial charge on any atom is 0.240 e. The third-order valence-electron chi connectivity index (χ3n) is 2.41. The van der Waals surface area contributed by atoms with E-state index in [2.05, 4.69) is 4.72 Å². The highest BCUT2D eigenvalue weighted by Crippen LogP contribution is 2.11. The summed E-state index contributed by atoms with van der Waals surface area (Å²) in [6.07, 6.45) is 1.94. The van der Waals surface area contributed by atoms with Crippen LogP contribution < -0.4 is 10.5 Å². The van der Waals surface area contributed by atoms with E-state index < -0.39 is 10.0 Å². The normalized spacial score (nSPS) is 13.2. The largest absolute Gasteiger partial charge is 0.389 e. The lowest BCUT2D eigenvalue weighted by atomic mass is 10.2. The Morgan fingerprint density at radius 2 is 2.00 bits per heavy atom. The second kappa shape index (κ2) is 6.51. The number of hydrogen-bond donors (Lipinski definition) is 2. The van der Waals surface area contributed by atoms with Crippen LogP contribution >= 0.6 is 24.0 Å². The van der Waals surface area contributed by atoms with Gasteiger partial charge < -0.3 is 5.73 Å². The second-order valence-electron chi connectivity index (χ2n) is 3.79. The summed E-state index contributed by atoms with van der Waals surface area (Å²) >= 11 is 6.42. The van der Waals surface area contributed by atoms with Crippen molar-refractivity contribution in [3.05, 3.63) is 29.8 Å². The van der Waals surface area contributed by atoms with Crippen molar-refractivity contribution >= 4 is 39.0 Å². The standard InChI is InChI=1S/C11H16N2O2S3/c1-8(17-2)7-13-18(14,15)10-5-3-9(4-6-10)11(12)16/h3-6,8,13H,7H2,1-2H3,(H2,12,16). The van der Waals surface area contributed by atoms with Crippen LogP contribution in [0.15, 0.2) is 29.2 Å². The maximum atomic E-state index is 11.9. The molecule has 0 aliphatic heterocycles. The third kappa shape index (κ3) is 4.24. The molecule has 1 rings (SSSR count). The Morgan fingerprint density at radius 1 is 1.44 bits per heavy atom. The van der Waals surface area contributed by atoms with E-state index >= 15 is 0 Å². The Labute approximate surface area is 117 Å². The lowest BCUT2D eigenvalue weighted by molar-refractivity contribution is 0.581. The molecule has 100 valence electrons. The van der Waals surface area contributed by atoms with Gasteiger partial charge in [0, 0.05) is 17.4 Å². The molecule has 1 unspecified atom stereocenters. The Kier molecular flexibility index (Phi) is 5.58. The molecule has 1 atom stereocenters. The van der Waals surface area contributed by atoms with Crippen molar-refractivity contribution in [1.82, 2.24) is 4.72 Å². The smallest absolute Gasteiger partial charge is 0.240 e. The summed E-state index contributed by atoms with van der Waals surface area (Å²) in [5.74, 6) is 0. The fourth-order valence-electron chi connectivity index (χ4n) is 1.19. The van der Waals surface area contributed by atoms with E-state index in [1.165, 1.54) is 12.1 Å². The molecule has 3 N–H and O–H groups in total. The molecule has 0 aliphatic carbocycles. The summed E-state index contributed by atoms with van der Waals surface area (Å²) in [5.41, 5.74) is 6.11. The van der Waals surface area contributed by atoms with E-state index in [0.29, 0.717) is 12.1 Å². The Morgan fingerprint density at radius 3 is 2.44 bits per heavy atom. The number of hydrogen-bond acceptors (Lipinski definition) is 4. The minimum atomic E-state index is -3.46. The van der Waals surface area contributed by atoms with Gasteiger partial charge in [0.1, 0.15) is 4.99 Å². The number of sulfonamides is 1. The molecule has 0 saturated carbocycles. The summed E-state index contributed by atoms with van der Waals surface area (Å²) in [6.45, 7) is 2.36. The molecule has 0 aromatic heterocycles. The van der Waals surface area contributed by atoms with E-state index in [0.717, 1.165) is 0 Å². The van der Waals surface area contributed by atoms with E-state index in [1.54, 1.807) is 23.9 Å². The number of nitrogens with one attached hydrogen (secondary N) is 1. The first-order chi connectivity index (χ1) is 8.36. The van der Waals surface area contributed by atoms with E-state index in [1.807, 2.05) is 13.2 Å². The average molecular weight is 304 g/mol. The van der Waals surface area contributed by atoms with Crippen LogP contribution in [0.3, 0.4) is 0 Å². The molecule has 0 saturated heterocycles. The minimum absolute atomic E-state index is 0.218. The van der Waals surface area contributed by atoms with Crippen LogP contribution in [0, 0.1) is 0 Å². The molecule has 0 bridgehead atoms. The van der Waals surface area contributed by atoms with Crippen LogP contribution in [0.2, 0.25) is 0 Å². The van der Waals surface area contributed by atoms with Gasteiger partial charge in [-0.15, -0.1) is 0 Å². The second-order valence-corrected chi connectivity index (χ2v) is 7.27. The summed E-state index contributed by atoms with van der Waals surface area (Å²) < 4.78 is 26.5. The minimum Gasteiger partial charge on any atom is -0.389 e. The number of rotatable bonds is 6. The molecule has 0 amide bonds. The van der Waals surface area contributed by atoms with Gasteiger partial charge in [-0.25, -0.2) is 13.1 Å². The first kappa shape index (κ1) is 15.4. The number of benzene rings is 1. The first-order valence-corrected chi connectivity index (χ1v) is 8.47. The first-order valence-electron chi connectivity index (χ1n) is 5.29. The molecule has 7 heteroatoms. The molecule has 0 aliphatic rings. The molecular formula is C11H16N2O2S3. The molecule has 0 heterocycles. The van der Waals surface area contributed by atoms with E-state index in [9.17, 15) is 8.42 Å². The van der Waals surface area contributed by atoms with Gasteiger partial charge in [0.25, 0.3) is 0 Å². The zero-order valence-corrected chi connectivity index (χ0v) is 12.7. The molecule has 4 nitrogen and oxygen atoms in total. The highest BCUT2D eigenvalue weighted by atomic mass is 32.2. The zero-order valence-electron chi connectivity index (χ0n) is 10.2. The van der Waals surface area contributed by atoms with Gasteiger partial charge in [0.15, 0.2) is 0 Å². The van der Waals surface area contributed by atoms with E-state index in [-0.39, 0.29) is 15.1 Å². The highest BCUT2D eigenvalue weighted by molar-refractivity contribution is 7.99. The predicted octanol–water partition coefficient (Wildman–Crippen LogP) is 1.35. The molecule has 1 aromatic rings. The molecule has 1 aromatic carbocycles. The fraction of sp³-hybridized carbons (Fsp3) is 0.364. The van der Waals surface area contributed by atoms with Crippen molar-refractivity contribution in [1.29, 1.82) is 0 Å². The molecular weight excluding hydrogens is 288 g/mol. The molecule has 0 fully saturated rings. The maximum absolute atomic E-state index is 11.9. The number of nitrogens with two attached hydrogens (primary N) is 1. The van der Waals surface area contributed by atoms with Crippen molar-refractivity contribution in [2.24, 2.45) is 5.73 Å². The fourth-order valence-corrected chi connectivity index (χ4v) is 2.81. The summed E-state index contributed by atoms with van der Waals surface area (Å²) in [4.78, 5) is 0.471. The Bertz CT molecular complexity index is 512. The SMILES string of the molecule is CSC(C)CNS(=O)(=O)c1ccc(C(N)=S)cc1. The monoisotopic (exact) mass is 304 g/mol. The van der Waals surface area contributed by atoms with Crippen LogP contribution in [0.5, 0.6) is 0 Å². The predicted molar refractivity (Wildman–Crippen MR) is 80.5 cm³/mol. The summed E-state index contributed by atoms with van der Waals surface area (Å²) in [5, 5.41) is 0.232. The molecule has 18 heavy (non-hydrogen) atoms. The third-order valence-corrected chi connectivity index (χ3v) is 5.06. The quantitative estimate of drug-likeness (QED) is 0.776. The van der Waals surface area contributed by atoms with Gasteiger partial charge in [-0.1, -0.05) is 31.3 Å². The number of thiocarbonyl (C=S) groups is 1. The lowest BCUT2D eigenvalue weighted by Crippen LogP contribution is -2.29. The topological polar surface area (TPSA) is 72.2 Å². The van der Waals surface area contributed by atoms with Crippen molar-refractivity contribution in [2.75, 3.05) is 12.8 Å². The average Bonchev–Trinajstić information content (AvgIpc) is 2.36.